The molecule has 2 aromatic carbocycles. The fourth-order valence-electron chi connectivity index (χ4n) is 4.03. The minimum atomic E-state index is -0.251. The number of hydrogen-bond donors (Lipinski definition) is 2. The molecule has 8 heteroatoms. The van der Waals surface area contributed by atoms with Crippen LogP contribution in [0.3, 0.4) is 0 Å². The van der Waals surface area contributed by atoms with E-state index in [1.165, 1.54) is 4.90 Å². The van der Waals surface area contributed by atoms with Gasteiger partial charge in [0.15, 0.2) is 0 Å². The number of nitrogens with zero attached hydrogens (tertiary/aromatic N) is 2. The van der Waals surface area contributed by atoms with Gasteiger partial charge < -0.3 is 15.2 Å². The first kappa shape index (κ1) is 20.7. The van der Waals surface area contributed by atoms with Gasteiger partial charge in [-0.2, -0.15) is 0 Å². The number of carbonyl (C=O) groups excluding carboxylic acids is 2. The zero-order valence-electron chi connectivity index (χ0n) is 16.9. The molecule has 2 N–H and O–H groups in total. The number of benzene rings is 2. The van der Waals surface area contributed by atoms with Gasteiger partial charge in [-0.15, -0.1) is 0 Å². The van der Waals surface area contributed by atoms with Gasteiger partial charge in [0.1, 0.15) is 6.54 Å². The number of rotatable bonds is 4. The number of nitrogens with one attached hydrogen (secondary N) is 2. The van der Waals surface area contributed by atoms with E-state index in [0.717, 1.165) is 37.8 Å². The van der Waals surface area contributed by atoms with Crippen molar-refractivity contribution in [1.82, 2.24) is 15.3 Å². The molecule has 4 aromatic rings. The molecule has 0 bridgehead atoms. The van der Waals surface area contributed by atoms with Crippen LogP contribution in [0.1, 0.15) is 11.1 Å². The molecule has 0 radical (unpaired) electrons. The van der Waals surface area contributed by atoms with E-state index < -0.39 is 0 Å². The Hall–Kier alpha value is -3.16. The third-order valence-electron chi connectivity index (χ3n) is 5.56. The second kappa shape index (κ2) is 8.41. The molecule has 0 aliphatic carbocycles. The average Bonchev–Trinajstić information content (AvgIpc) is 3.08. The predicted octanol–water partition coefficient (Wildman–Crippen LogP) is 4.85. The summed E-state index contributed by atoms with van der Waals surface area (Å²) in [5, 5.41) is 4.36. The molecule has 1 aliphatic rings. The number of aromatic nitrogens is 2. The third kappa shape index (κ3) is 3.89. The maximum Gasteiger partial charge on any atom is 0.240 e. The molecule has 5 rings (SSSR count). The van der Waals surface area contributed by atoms with Gasteiger partial charge in [-0.1, -0.05) is 27.5 Å². The summed E-state index contributed by atoms with van der Waals surface area (Å²) in [7, 11) is 0. The van der Waals surface area contributed by atoms with Crippen molar-refractivity contribution < 1.29 is 9.59 Å². The summed E-state index contributed by atoms with van der Waals surface area (Å²) in [6, 6.07) is 15.0. The molecule has 1 aliphatic heterocycles. The first-order chi connectivity index (χ1) is 15.5. The number of anilines is 1. The van der Waals surface area contributed by atoms with Gasteiger partial charge in [-0.25, -0.2) is 0 Å². The zero-order valence-corrected chi connectivity index (χ0v) is 19.2. The predicted molar refractivity (Wildman–Crippen MR) is 129 cm³/mol. The van der Waals surface area contributed by atoms with Crippen LogP contribution < -0.4 is 10.2 Å². The van der Waals surface area contributed by atoms with Gasteiger partial charge in [0, 0.05) is 44.9 Å². The second-order valence-electron chi connectivity index (χ2n) is 7.62. The highest BCUT2D eigenvalue weighted by Crippen LogP contribution is 2.41. The minimum absolute atomic E-state index is 0.0941. The zero-order chi connectivity index (χ0) is 22.2. The number of amides is 2. The number of carbonyl (C=O) groups is 2. The van der Waals surface area contributed by atoms with Gasteiger partial charge in [0.05, 0.1) is 17.8 Å². The second-order valence-corrected chi connectivity index (χ2v) is 8.97. The van der Waals surface area contributed by atoms with Crippen LogP contribution in [0.4, 0.5) is 5.69 Å². The largest absolute Gasteiger partial charge is 0.354 e. The van der Waals surface area contributed by atoms with Crippen LogP contribution in [0.2, 0.25) is 5.02 Å². The number of hydrogen-bond acceptors (Lipinski definition) is 3. The van der Waals surface area contributed by atoms with Crippen molar-refractivity contribution in [1.29, 1.82) is 0 Å². The molecule has 0 fully saturated rings. The quantitative estimate of drug-likeness (QED) is 0.413. The van der Waals surface area contributed by atoms with Gasteiger partial charge in [0.25, 0.3) is 0 Å². The molecule has 3 heterocycles. The lowest BCUT2D eigenvalue weighted by molar-refractivity contribution is -0.123. The smallest absolute Gasteiger partial charge is 0.240 e. The van der Waals surface area contributed by atoms with Crippen LogP contribution >= 0.6 is 27.5 Å². The number of pyridine rings is 1. The molecule has 32 heavy (non-hydrogen) atoms. The van der Waals surface area contributed by atoms with Gasteiger partial charge >= 0.3 is 0 Å². The van der Waals surface area contributed by atoms with Crippen molar-refractivity contribution in [3.63, 3.8) is 0 Å². The van der Waals surface area contributed by atoms with Crippen molar-refractivity contribution in [3.05, 3.63) is 81.5 Å². The van der Waals surface area contributed by atoms with E-state index in [9.17, 15) is 9.59 Å². The Bertz CT molecular complexity index is 1350. The van der Waals surface area contributed by atoms with E-state index in [-0.39, 0.29) is 24.8 Å². The molecular weight excluding hydrogens is 492 g/mol. The van der Waals surface area contributed by atoms with Crippen molar-refractivity contribution in [2.75, 3.05) is 11.4 Å². The number of H-pyrrole nitrogens is 1. The van der Waals surface area contributed by atoms with Crippen LogP contribution in [-0.2, 0) is 22.6 Å². The van der Waals surface area contributed by atoms with Crippen LogP contribution in [0.5, 0.6) is 0 Å². The normalized spacial score (nSPS) is 12.9. The van der Waals surface area contributed by atoms with E-state index >= 15 is 0 Å². The lowest BCUT2D eigenvalue weighted by Crippen LogP contribution is -2.41. The fourth-order valence-corrected chi connectivity index (χ4v) is 4.56. The molecule has 0 atom stereocenters. The summed E-state index contributed by atoms with van der Waals surface area (Å²) < 4.78 is 0.937. The van der Waals surface area contributed by atoms with Crippen LogP contribution in [0, 0.1) is 0 Å². The van der Waals surface area contributed by atoms with E-state index in [1.54, 1.807) is 24.5 Å². The van der Waals surface area contributed by atoms with Crippen LogP contribution in [-0.4, -0.2) is 28.3 Å². The molecule has 0 saturated carbocycles. The summed E-state index contributed by atoms with van der Waals surface area (Å²) in [4.78, 5) is 35.0. The van der Waals surface area contributed by atoms with E-state index in [2.05, 4.69) is 31.2 Å². The molecule has 2 amide bonds. The maximum atomic E-state index is 13.4. The molecule has 160 valence electrons. The topological polar surface area (TPSA) is 78.1 Å². The monoisotopic (exact) mass is 508 g/mol. The molecule has 0 spiro atoms. The Morgan fingerprint density at radius 3 is 2.78 bits per heavy atom. The van der Waals surface area contributed by atoms with Crippen molar-refractivity contribution >= 4 is 55.9 Å². The van der Waals surface area contributed by atoms with Crippen LogP contribution in [0.25, 0.3) is 22.2 Å². The van der Waals surface area contributed by atoms with E-state index in [1.807, 2.05) is 36.4 Å². The Kier molecular flexibility index (Phi) is 5.45. The Morgan fingerprint density at radius 2 is 1.97 bits per heavy atom. The average molecular weight is 510 g/mol. The van der Waals surface area contributed by atoms with Crippen molar-refractivity contribution in [2.24, 2.45) is 0 Å². The highest BCUT2D eigenvalue weighted by molar-refractivity contribution is 9.10. The lowest BCUT2D eigenvalue weighted by Gasteiger charge is -2.23. The summed E-state index contributed by atoms with van der Waals surface area (Å²) in [5.41, 5.74) is 5.13. The number of fused-ring (bicyclic) bond motifs is 5. The van der Waals surface area contributed by atoms with Gasteiger partial charge in [0.2, 0.25) is 11.8 Å². The molecule has 2 aromatic heterocycles. The van der Waals surface area contributed by atoms with Gasteiger partial charge in [-0.3, -0.25) is 14.6 Å². The summed E-state index contributed by atoms with van der Waals surface area (Å²) >= 11 is 9.80. The first-order valence-electron chi connectivity index (χ1n) is 10.1. The summed E-state index contributed by atoms with van der Waals surface area (Å²) in [6.07, 6.45) is 3.53. The molecular formula is C24H18BrClN4O2. The number of halogens is 2. The van der Waals surface area contributed by atoms with Gasteiger partial charge in [-0.05, 0) is 59.7 Å². The van der Waals surface area contributed by atoms with Crippen LogP contribution in [0.15, 0.2) is 65.4 Å². The van der Waals surface area contributed by atoms with Crippen molar-refractivity contribution in [2.45, 2.75) is 13.0 Å². The summed E-state index contributed by atoms with van der Waals surface area (Å²) in [5.74, 6) is -0.411. The molecule has 0 saturated heterocycles. The standard InChI is InChI=1S/C24H18BrClN4O2/c25-15-1-4-20-18(9-15)19-11-23(32)30(13-22(31)28-12-14-5-7-27-8-6-14)21-10-16(26)2-3-17(21)24(19)29-20/h1-10,29H,11-13H2,(H,28,31). The minimum Gasteiger partial charge on any atom is -0.354 e. The molecule has 0 unspecified atom stereocenters. The fraction of sp³-hybridized carbons (Fsp3) is 0.125. The highest BCUT2D eigenvalue weighted by atomic mass is 79.9. The van der Waals surface area contributed by atoms with E-state index in [4.69, 9.17) is 11.6 Å². The highest BCUT2D eigenvalue weighted by Gasteiger charge is 2.30. The van der Waals surface area contributed by atoms with Crippen molar-refractivity contribution in [3.8, 4) is 11.3 Å². The maximum absolute atomic E-state index is 13.4. The van der Waals surface area contributed by atoms with E-state index in [0.29, 0.717) is 17.3 Å². The Labute approximate surface area is 197 Å². The Morgan fingerprint density at radius 1 is 1.16 bits per heavy atom. The molecule has 6 nitrogen and oxygen atoms in total. The Balaban J connectivity index is 1.50. The lowest BCUT2D eigenvalue weighted by atomic mass is 10.0. The number of aromatic amines is 1. The first-order valence-corrected chi connectivity index (χ1v) is 11.2. The third-order valence-corrected chi connectivity index (χ3v) is 6.29. The SMILES string of the molecule is O=C(CN1C(=O)Cc2c([nH]c3ccc(Br)cc23)-c2ccc(Cl)cc21)NCc1ccncc1. The summed E-state index contributed by atoms with van der Waals surface area (Å²) in [6.45, 7) is 0.270.